The second kappa shape index (κ2) is 11.7. The summed E-state index contributed by atoms with van der Waals surface area (Å²) in [5, 5.41) is 19.1. The Balaban J connectivity index is 1.20. The lowest BCUT2D eigenvalue weighted by molar-refractivity contribution is -0.127. The summed E-state index contributed by atoms with van der Waals surface area (Å²) < 4.78 is 6.43. The molecule has 7 rings (SSSR count). The number of likely N-dealkylation sites (tertiary alicyclic amines) is 1. The van der Waals surface area contributed by atoms with E-state index in [9.17, 15) is 10.1 Å². The summed E-state index contributed by atoms with van der Waals surface area (Å²) in [5.41, 5.74) is 7.81. The zero-order chi connectivity index (χ0) is 30.4. The fourth-order valence-corrected chi connectivity index (χ4v) is 7.35. The molecule has 1 N–H and O–H groups in total. The number of ether oxygens (including phenoxy) is 1. The molecule has 2 fully saturated rings. The minimum absolute atomic E-state index is 0.135. The summed E-state index contributed by atoms with van der Waals surface area (Å²) in [4.78, 5) is 29.4. The number of anilines is 2. The Morgan fingerprint density at radius 2 is 1.93 bits per heavy atom. The van der Waals surface area contributed by atoms with Crippen molar-refractivity contribution in [1.82, 2.24) is 29.9 Å². The molecule has 6 heterocycles. The number of aryl methyl sites for hydroxylation is 1. The van der Waals surface area contributed by atoms with Gasteiger partial charge in [0.15, 0.2) is 0 Å². The Hall–Kier alpha value is -4.14. The van der Waals surface area contributed by atoms with E-state index in [2.05, 4.69) is 62.0 Å². The zero-order valence-electron chi connectivity index (χ0n) is 26.0. The average Bonchev–Trinajstić information content (AvgIpc) is 3.80. The predicted molar refractivity (Wildman–Crippen MR) is 170 cm³/mol. The number of aromatic amines is 1. The van der Waals surface area contributed by atoms with Crippen LogP contribution in [-0.4, -0.2) is 115 Å². The van der Waals surface area contributed by atoms with Crippen molar-refractivity contribution in [2.45, 2.75) is 38.8 Å². The van der Waals surface area contributed by atoms with E-state index < -0.39 is 0 Å². The van der Waals surface area contributed by atoms with Crippen LogP contribution in [0, 0.1) is 18.3 Å². The minimum Gasteiger partial charge on any atom is -0.475 e. The molecule has 4 aliphatic heterocycles. The number of carbonyl (C=O) groups is 1. The van der Waals surface area contributed by atoms with Gasteiger partial charge < -0.3 is 24.3 Å². The van der Waals surface area contributed by atoms with Crippen molar-refractivity contribution in [3.05, 3.63) is 52.4 Å². The number of likely N-dealkylation sites (N-methyl/N-ethyl adjacent to an activating group) is 2. The van der Waals surface area contributed by atoms with Gasteiger partial charge in [-0.25, -0.2) is 4.98 Å². The second-order valence-corrected chi connectivity index (χ2v) is 12.7. The molecule has 3 aromatic rings. The van der Waals surface area contributed by atoms with Gasteiger partial charge >= 0.3 is 0 Å². The molecular weight excluding hydrogens is 554 g/mol. The van der Waals surface area contributed by atoms with Crippen molar-refractivity contribution in [1.29, 1.82) is 5.26 Å². The van der Waals surface area contributed by atoms with Gasteiger partial charge in [-0.1, -0.05) is 12.1 Å². The van der Waals surface area contributed by atoms with Crippen LogP contribution in [0.15, 0.2) is 30.0 Å². The number of nitriles is 1. The van der Waals surface area contributed by atoms with E-state index in [-0.39, 0.29) is 5.91 Å². The maximum atomic E-state index is 13.2. The van der Waals surface area contributed by atoms with Crippen LogP contribution >= 0.6 is 0 Å². The number of carbonyl (C=O) groups excluding carboxylic acids is 1. The first-order chi connectivity index (χ1) is 21.4. The lowest BCUT2D eigenvalue weighted by atomic mass is 9.97. The van der Waals surface area contributed by atoms with Gasteiger partial charge in [0.2, 0.25) is 5.88 Å². The van der Waals surface area contributed by atoms with Gasteiger partial charge in [-0.15, -0.1) is 0 Å². The van der Waals surface area contributed by atoms with Crippen molar-refractivity contribution in [2.75, 3.05) is 82.9 Å². The summed E-state index contributed by atoms with van der Waals surface area (Å²) in [5.74, 6) is 0.565. The highest BCUT2D eigenvalue weighted by Gasteiger charge is 2.33. The molecule has 0 radical (unpaired) electrons. The SMILES string of the molecule is Cc1ccc2[nH]ncc2c1N1CCc2c(nc(OCC3CCCN3C)c(C#N)c2N2CCN(C(=O)C3=CCN(C)C3)CC2)C1. The highest BCUT2D eigenvalue weighted by Crippen LogP contribution is 2.40. The van der Waals surface area contributed by atoms with Crippen molar-refractivity contribution < 1.29 is 9.53 Å². The number of hydrogen-bond donors (Lipinski definition) is 1. The third kappa shape index (κ3) is 5.16. The molecule has 1 amide bonds. The average molecular weight is 596 g/mol. The Morgan fingerprint density at radius 3 is 2.66 bits per heavy atom. The molecule has 11 nitrogen and oxygen atoms in total. The molecule has 2 saturated heterocycles. The lowest BCUT2D eigenvalue weighted by Crippen LogP contribution is -2.50. The van der Waals surface area contributed by atoms with Gasteiger partial charge in [0, 0.05) is 68.4 Å². The lowest BCUT2D eigenvalue weighted by Gasteiger charge is -2.40. The Kier molecular flexibility index (Phi) is 7.64. The topological polar surface area (TPSA) is 108 Å². The third-order valence-electron chi connectivity index (χ3n) is 9.85. The van der Waals surface area contributed by atoms with Gasteiger partial charge in [0.25, 0.3) is 5.91 Å². The summed E-state index contributed by atoms with van der Waals surface area (Å²) in [6, 6.07) is 7.02. The number of H-pyrrole nitrogens is 1. The molecule has 0 bridgehead atoms. The van der Waals surface area contributed by atoms with Crippen LogP contribution in [0.4, 0.5) is 11.4 Å². The molecule has 0 aliphatic carbocycles. The molecule has 2 aromatic heterocycles. The number of nitrogens with zero attached hydrogens (tertiary/aromatic N) is 8. The van der Waals surface area contributed by atoms with Gasteiger partial charge in [-0.05, 0) is 58.5 Å². The first kappa shape index (κ1) is 28.6. The first-order valence-corrected chi connectivity index (χ1v) is 15.8. The quantitative estimate of drug-likeness (QED) is 0.460. The molecular formula is C33H41N9O2. The number of aromatic nitrogens is 3. The van der Waals surface area contributed by atoms with Crippen molar-refractivity contribution in [2.24, 2.45) is 0 Å². The van der Waals surface area contributed by atoms with Gasteiger partial charge in [-0.3, -0.25) is 14.8 Å². The first-order valence-electron chi connectivity index (χ1n) is 15.8. The van der Waals surface area contributed by atoms with Crippen LogP contribution in [0.2, 0.25) is 0 Å². The van der Waals surface area contributed by atoms with E-state index in [1.165, 1.54) is 11.3 Å². The molecule has 1 aromatic carbocycles. The van der Waals surface area contributed by atoms with Crippen LogP contribution in [0.25, 0.3) is 10.9 Å². The van der Waals surface area contributed by atoms with Gasteiger partial charge in [0.05, 0.1) is 35.3 Å². The number of benzene rings is 1. The molecule has 4 aliphatic rings. The van der Waals surface area contributed by atoms with Crippen LogP contribution in [-0.2, 0) is 17.8 Å². The molecule has 1 unspecified atom stereocenters. The van der Waals surface area contributed by atoms with Crippen LogP contribution in [0.3, 0.4) is 0 Å². The summed E-state index contributed by atoms with van der Waals surface area (Å²) >= 11 is 0. The number of piperazine rings is 1. The normalized spacial score (nSPS) is 21.1. The summed E-state index contributed by atoms with van der Waals surface area (Å²) in [7, 11) is 4.17. The van der Waals surface area contributed by atoms with E-state index in [4.69, 9.17) is 9.72 Å². The Morgan fingerprint density at radius 1 is 1.09 bits per heavy atom. The molecule has 44 heavy (non-hydrogen) atoms. The maximum Gasteiger partial charge on any atom is 0.250 e. The van der Waals surface area contributed by atoms with Crippen LogP contribution < -0.4 is 14.5 Å². The molecule has 0 spiro atoms. The summed E-state index contributed by atoms with van der Waals surface area (Å²) in [6.45, 7) is 9.26. The number of rotatable bonds is 6. The summed E-state index contributed by atoms with van der Waals surface area (Å²) in [6.07, 6.45) is 6.95. The standard InChI is InChI=1S/C33H41N9O2/c1-22-6-7-28-27(18-35-37-28)30(22)42-12-9-25-29(20-42)36-32(44-21-24-5-4-10-39(24)3)26(17-34)31(25)40-13-15-41(16-14-40)33(43)23-8-11-38(2)19-23/h6-8,18,24H,4-5,9-16,19-21H2,1-3H3,(H,35,37). The zero-order valence-corrected chi connectivity index (χ0v) is 26.0. The fourth-order valence-electron chi connectivity index (χ4n) is 7.35. The number of amides is 1. The van der Waals surface area contributed by atoms with E-state index in [0.717, 1.165) is 72.3 Å². The van der Waals surface area contributed by atoms with Crippen LogP contribution in [0.1, 0.15) is 35.2 Å². The minimum atomic E-state index is 0.135. The fraction of sp³-hybridized carbons (Fsp3) is 0.515. The molecule has 230 valence electrons. The van der Waals surface area contributed by atoms with E-state index in [1.807, 2.05) is 24.2 Å². The second-order valence-electron chi connectivity index (χ2n) is 12.7. The van der Waals surface area contributed by atoms with E-state index >= 15 is 0 Å². The highest BCUT2D eigenvalue weighted by atomic mass is 16.5. The number of fused-ring (bicyclic) bond motifs is 2. The maximum absolute atomic E-state index is 13.2. The molecule has 11 heteroatoms. The van der Waals surface area contributed by atoms with Crippen molar-refractivity contribution in [3.63, 3.8) is 0 Å². The number of nitrogens with one attached hydrogen (secondary N) is 1. The molecule has 0 saturated carbocycles. The van der Waals surface area contributed by atoms with E-state index in [1.54, 1.807) is 0 Å². The number of hydrogen-bond acceptors (Lipinski definition) is 9. The van der Waals surface area contributed by atoms with Crippen LogP contribution in [0.5, 0.6) is 5.88 Å². The smallest absolute Gasteiger partial charge is 0.250 e. The molecule has 1 atom stereocenters. The Labute approximate surface area is 258 Å². The monoisotopic (exact) mass is 595 g/mol. The highest BCUT2D eigenvalue weighted by molar-refractivity contribution is 5.95. The third-order valence-corrected chi connectivity index (χ3v) is 9.85. The largest absolute Gasteiger partial charge is 0.475 e. The van der Waals surface area contributed by atoms with Gasteiger partial charge in [0.1, 0.15) is 18.2 Å². The van der Waals surface area contributed by atoms with Crippen molar-refractivity contribution in [3.8, 4) is 11.9 Å². The Bertz CT molecular complexity index is 1650. The van der Waals surface area contributed by atoms with Crippen molar-refractivity contribution >= 4 is 28.2 Å². The van der Waals surface area contributed by atoms with Gasteiger partial charge in [-0.2, -0.15) is 10.4 Å². The predicted octanol–water partition coefficient (Wildman–Crippen LogP) is 2.69. The number of pyridine rings is 1. The van der Waals surface area contributed by atoms with E-state index in [0.29, 0.717) is 63.4 Å².